The average Bonchev–Trinajstić information content (AvgIpc) is 3.63. The van der Waals surface area contributed by atoms with Crippen LogP contribution in [0.4, 0.5) is 14.5 Å². The minimum atomic E-state index is -0.616. The van der Waals surface area contributed by atoms with Gasteiger partial charge in [0, 0.05) is 24.2 Å². The zero-order valence-corrected chi connectivity index (χ0v) is 21.6. The molecule has 1 saturated carbocycles. The number of halogens is 2. The van der Waals surface area contributed by atoms with Gasteiger partial charge in [0.15, 0.2) is 0 Å². The Morgan fingerprint density at radius 3 is 2.63 bits per heavy atom. The third-order valence-corrected chi connectivity index (χ3v) is 7.88. The number of nitrogens with two attached hydrogens (primary N) is 1. The number of anilines is 1. The highest BCUT2D eigenvalue weighted by Crippen LogP contribution is 2.32. The van der Waals surface area contributed by atoms with E-state index in [1.807, 2.05) is 6.07 Å². The van der Waals surface area contributed by atoms with Crippen molar-refractivity contribution in [3.63, 3.8) is 0 Å². The minimum Gasteiger partial charge on any atom is -0.476 e. The number of nitrogens with zero attached hydrogens (tertiary/aromatic N) is 4. The number of nitrogens with one attached hydrogen (secondary N) is 1. The van der Waals surface area contributed by atoms with Gasteiger partial charge < -0.3 is 15.8 Å². The molecule has 1 aromatic carbocycles. The van der Waals surface area contributed by atoms with Crippen LogP contribution in [0.5, 0.6) is 5.88 Å². The molecular weight excluding hydrogens is 510 g/mol. The fraction of sp³-hybridized carbons (Fsp3) is 0.407. The Hall–Kier alpha value is -3.62. The van der Waals surface area contributed by atoms with Crippen LogP contribution in [0.25, 0.3) is 10.6 Å². The second kappa shape index (κ2) is 11.4. The van der Waals surface area contributed by atoms with Gasteiger partial charge in [0.25, 0.3) is 5.91 Å². The summed E-state index contributed by atoms with van der Waals surface area (Å²) in [6.45, 7) is 3.30. The number of piperidine rings is 1. The SMILES string of the molecule is N#Cc1c(N)cc(C(=O)NCC2CCN(Cc3cnc(-c4c(F)cccc4F)s3)CC2)nc1OCC1CC1. The molecule has 198 valence electrons. The van der Waals surface area contributed by atoms with Gasteiger partial charge in [0.1, 0.15) is 34.0 Å². The molecule has 0 radical (unpaired) electrons. The third-order valence-electron chi connectivity index (χ3n) is 6.88. The number of thiazole rings is 1. The van der Waals surface area contributed by atoms with Crippen LogP contribution in [0.1, 0.15) is 46.6 Å². The molecule has 3 aromatic rings. The average molecular weight is 539 g/mol. The van der Waals surface area contributed by atoms with Crippen LogP contribution >= 0.6 is 11.3 Å². The molecule has 8 nitrogen and oxygen atoms in total. The van der Waals surface area contributed by atoms with Gasteiger partial charge >= 0.3 is 0 Å². The summed E-state index contributed by atoms with van der Waals surface area (Å²) in [5.41, 5.74) is 6.37. The number of rotatable bonds is 9. The van der Waals surface area contributed by atoms with Crippen LogP contribution < -0.4 is 15.8 Å². The largest absolute Gasteiger partial charge is 0.476 e. The summed E-state index contributed by atoms with van der Waals surface area (Å²) in [4.78, 5) is 24.5. The molecule has 0 unspecified atom stereocenters. The Kier molecular flexibility index (Phi) is 7.81. The van der Waals surface area contributed by atoms with Crippen molar-refractivity contribution in [2.24, 2.45) is 11.8 Å². The topological polar surface area (TPSA) is 117 Å². The number of ether oxygens (including phenoxy) is 1. The predicted molar refractivity (Wildman–Crippen MR) is 139 cm³/mol. The number of amides is 1. The van der Waals surface area contributed by atoms with E-state index in [1.165, 1.54) is 35.6 Å². The molecule has 3 N–H and O–H groups in total. The first-order valence-corrected chi connectivity index (χ1v) is 13.5. The molecule has 0 bridgehead atoms. The Morgan fingerprint density at radius 1 is 1.21 bits per heavy atom. The van der Waals surface area contributed by atoms with Crippen LogP contribution in [0.2, 0.25) is 0 Å². The second-order valence-corrected chi connectivity index (χ2v) is 10.9. The van der Waals surface area contributed by atoms with Gasteiger partial charge in [0.05, 0.1) is 17.9 Å². The number of hydrogen-bond acceptors (Lipinski definition) is 8. The summed E-state index contributed by atoms with van der Waals surface area (Å²) < 4.78 is 33.8. The van der Waals surface area contributed by atoms with Crippen molar-refractivity contribution in [1.29, 1.82) is 5.26 Å². The number of nitrogen functional groups attached to an aromatic ring is 1. The van der Waals surface area contributed by atoms with Crippen molar-refractivity contribution in [2.45, 2.75) is 32.2 Å². The zero-order valence-electron chi connectivity index (χ0n) is 20.8. The molecule has 1 aliphatic heterocycles. The Bertz CT molecular complexity index is 1340. The Balaban J connectivity index is 1.11. The van der Waals surface area contributed by atoms with E-state index in [4.69, 9.17) is 10.5 Å². The maximum absolute atomic E-state index is 14.1. The highest BCUT2D eigenvalue weighted by Gasteiger charge is 2.25. The lowest BCUT2D eigenvalue weighted by atomic mass is 9.96. The zero-order chi connectivity index (χ0) is 26.6. The summed E-state index contributed by atoms with van der Waals surface area (Å²) >= 11 is 1.30. The van der Waals surface area contributed by atoms with Gasteiger partial charge in [-0.05, 0) is 68.8 Å². The molecular formula is C27H28F2N6O2S. The second-order valence-electron chi connectivity index (χ2n) is 9.80. The van der Waals surface area contributed by atoms with E-state index in [9.17, 15) is 18.8 Å². The van der Waals surface area contributed by atoms with Crippen molar-refractivity contribution in [3.05, 3.63) is 58.2 Å². The molecule has 2 fully saturated rings. The number of hydrogen-bond donors (Lipinski definition) is 2. The summed E-state index contributed by atoms with van der Waals surface area (Å²) in [5.74, 6) is -0.689. The molecule has 1 saturated heterocycles. The number of aromatic nitrogens is 2. The third kappa shape index (κ3) is 6.09. The Morgan fingerprint density at radius 2 is 1.95 bits per heavy atom. The van der Waals surface area contributed by atoms with Gasteiger partial charge in [-0.2, -0.15) is 5.26 Å². The van der Waals surface area contributed by atoms with Crippen molar-refractivity contribution in [3.8, 4) is 22.5 Å². The van der Waals surface area contributed by atoms with Crippen LogP contribution in [-0.2, 0) is 6.54 Å². The van der Waals surface area contributed by atoms with E-state index in [0.29, 0.717) is 36.5 Å². The number of pyridine rings is 1. The number of carbonyl (C=O) groups is 1. The van der Waals surface area contributed by atoms with Gasteiger partial charge in [-0.3, -0.25) is 9.69 Å². The lowest BCUT2D eigenvalue weighted by Crippen LogP contribution is -2.38. The molecule has 1 aliphatic carbocycles. The first-order valence-electron chi connectivity index (χ1n) is 12.6. The fourth-order valence-corrected chi connectivity index (χ4v) is 5.45. The molecule has 2 aliphatic rings. The van der Waals surface area contributed by atoms with Crippen molar-refractivity contribution >= 4 is 22.9 Å². The molecule has 5 rings (SSSR count). The van der Waals surface area contributed by atoms with E-state index >= 15 is 0 Å². The van der Waals surface area contributed by atoms with E-state index in [2.05, 4.69) is 20.2 Å². The monoisotopic (exact) mass is 538 g/mol. The fourth-order valence-electron chi connectivity index (χ4n) is 4.45. The van der Waals surface area contributed by atoms with Gasteiger partial charge in [-0.25, -0.2) is 18.7 Å². The van der Waals surface area contributed by atoms with Crippen molar-refractivity contribution < 1.29 is 18.3 Å². The lowest BCUT2D eigenvalue weighted by molar-refractivity contribution is 0.0929. The summed E-state index contributed by atoms with van der Waals surface area (Å²) in [6.07, 6.45) is 5.65. The summed E-state index contributed by atoms with van der Waals surface area (Å²) in [6, 6.07) is 7.23. The highest BCUT2D eigenvalue weighted by molar-refractivity contribution is 7.15. The van der Waals surface area contributed by atoms with Gasteiger partial charge in [0.2, 0.25) is 5.88 Å². The maximum atomic E-state index is 14.1. The minimum absolute atomic E-state index is 0.0849. The van der Waals surface area contributed by atoms with Crippen LogP contribution in [0.15, 0.2) is 30.5 Å². The van der Waals surface area contributed by atoms with Crippen molar-refractivity contribution in [2.75, 3.05) is 32.0 Å². The smallest absolute Gasteiger partial charge is 0.270 e. The van der Waals surface area contributed by atoms with Crippen LogP contribution in [-0.4, -0.2) is 47.0 Å². The molecule has 2 aromatic heterocycles. The standard InChI is InChI=1S/C27H28F2N6O2S/c28-20-2-1-3-21(29)24(20)27-33-13-18(38-27)14-35-8-6-16(7-9-35)12-32-25(36)23-10-22(31)19(11-30)26(34-23)37-15-17-4-5-17/h1-3,10,13,16-17H,4-9,12,14-15H2,(H2,31,34)(H,32,36). The predicted octanol–water partition coefficient (Wildman–Crippen LogP) is 4.37. The first kappa shape index (κ1) is 26.0. The number of nitriles is 1. The first-order chi connectivity index (χ1) is 18.4. The number of benzene rings is 1. The molecule has 11 heteroatoms. The Labute approximate surface area is 223 Å². The molecule has 3 heterocycles. The van der Waals surface area contributed by atoms with Crippen LogP contribution in [0.3, 0.4) is 0 Å². The normalized spacial score (nSPS) is 16.2. The molecule has 1 amide bonds. The molecule has 0 spiro atoms. The molecule has 38 heavy (non-hydrogen) atoms. The number of carbonyl (C=O) groups excluding carboxylic acids is 1. The lowest BCUT2D eigenvalue weighted by Gasteiger charge is -2.31. The van der Waals surface area contributed by atoms with E-state index in [0.717, 1.165) is 43.6 Å². The maximum Gasteiger partial charge on any atom is 0.270 e. The summed E-state index contributed by atoms with van der Waals surface area (Å²) in [7, 11) is 0. The van der Waals surface area contributed by atoms with Crippen LogP contribution in [0, 0.1) is 34.8 Å². The summed E-state index contributed by atoms with van der Waals surface area (Å²) in [5, 5.41) is 12.7. The van der Waals surface area contributed by atoms with E-state index < -0.39 is 11.6 Å². The highest BCUT2D eigenvalue weighted by atomic mass is 32.1. The van der Waals surface area contributed by atoms with E-state index in [-0.39, 0.29) is 34.3 Å². The van der Waals surface area contributed by atoms with E-state index in [1.54, 1.807) is 6.20 Å². The number of likely N-dealkylation sites (tertiary alicyclic amines) is 1. The van der Waals surface area contributed by atoms with Crippen molar-refractivity contribution in [1.82, 2.24) is 20.2 Å². The molecule has 0 atom stereocenters. The quantitative estimate of drug-likeness (QED) is 0.416. The van der Waals surface area contributed by atoms with Gasteiger partial charge in [-0.1, -0.05) is 6.07 Å². The van der Waals surface area contributed by atoms with Gasteiger partial charge in [-0.15, -0.1) is 11.3 Å².